The van der Waals surface area contributed by atoms with E-state index in [4.69, 9.17) is 19.4 Å². The van der Waals surface area contributed by atoms with E-state index < -0.39 is 0 Å². The molecule has 0 radical (unpaired) electrons. The number of hydrogen-bond acceptors (Lipinski definition) is 4. The third-order valence-corrected chi connectivity index (χ3v) is 5.62. The second kappa shape index (κ2) is 6.43. The van der Waals surface area contributed by atoms with Crippen molar-refractivity contribution in [3.63, 3.8) is 0 Å². The summed E-state index contributed by atoms with van der Waals surface area (Å²) in [5.41, 5.74) is 4.48. The Labute approximate surface area is 162 Å². The SMILES string of the molecule is c1ccc2c(c1)nc(CCc1nc3ccccc3n1C[C@H]1CO1)n2C[C@H]1CO1. The van der Waals surface area contributed by atoms with Crippen LogP contribution in [0.4, 0.5) is 0 Å². The number of aryl methyl sites for hydroxylation is 2. The number of ether oxygens (including phenoxy) is 2. The van der Waals surface area contributed by atoms with Crippen molar-refractivity contribution in [3.8, 4) is 0 Å². The molecule has 0 saturated carbocycles. The van der Waals surface area contributed by atoms with Gasteiger partial charge in [-0.2, -0.15) is 0 Å². The summed E-state index contributed by atoms with van der Waals surface area (Å²) >= 11 is 0. The van der Waals surface area contributed by atoms with Gasteiger partial charge in [-0.1, -0.05) is 24.3 Å². The molecule has 28 heavy (non-hydrogen) atoms. The van der Waals surface area contributed by atoms with Crippen molar-refractivity contribution in [2.75, 3.05) is 13.2 Å². The zero-order chi connectivity index (χ0) is 18.5. The van der Waals surface area contributed by atoms with Crippen LogP contribution >= 0.6 is 0 Å². The van der Waals surface area contributed by atoms with Gasteiger partial charge in [-0.15, -0.1) is 0 Å². The Hall–Kier alpha value is -2.70. The van der Waals surface area contributed by atoms with Gasteiger partial charge in [-0.3, -0.25) is 0 Å². The molecule has 6 nitrogen and oxygen atoms in total. The summed E-state index contributed by atoms with van der Waals surface area (Å²) in [5, 5.41) is 0. The molecule has 142 valence electrons. The quantitative estimate of drug-likeness (QED) is 0.467. The van der Waals surface area contributed by atoms with Crippen LogP contribution in [0.2, 0.25) is 0 Å². The number of hydrogen-bond donors (Lipinski definition) is 0. The van der Waals surface area contributed by atoms with Gasteiger partial charge in [0, 0.05) is 12.8 Å². The van der Waals surface area contributed by atoms with Crippen LogP contribution in [0.25, 0.3) is 22.1 Å². The summed E-state index contributed by atoms with van der Waals surface area (Å²) < 4.78 is 15.6. The van der Waals surface area contributed by atoms with Crippen LogP contribution in [-0.2, 0) is 35.4 Å². The van der Waals surface area contributed by atoms with E-state index >= 15 is 0 Å². The fourth-order valence-corrected chi connectivity index (χ4v) is 4.02. The minimum atomic E-state index is 0.327. The molecule has 2 fully saturated rings. The smallest absolute Gasteiger partial charge is 0.110 e. The van der Waals surface area contributed by atoms with Gasteiger partial charge in [-0.05, 0) is 24.3 Å². The Morgan fingerprint density at radius 1 is 0.714 bits per heavy atom. The molecule has 0 bridgehead atoms. The van der Waals surface area contributed by atoms with Crippen LogP contribution < -0.4 is 0 Å². The summed E-state index contributed by atoms with van der Waals surface area (Å²) in [6.07, 6.45) is 2.37. The van der Waals surface area contributed by atoms with Gasteiger partial charge in [0.15, 0.2) is 0 Å². The zero-order valence-electron chi connectivity index (χ0n) is 15.6. The first-order valence-corrected chi connectivity index (χ1v) is 9.96. The molecule has 0 aliphatic carbocycles. The maximum absolute atomic E-state index is 5.48. The molecule has 2 aliphatic heterocycles. The molecule has 2 aromatic carbocycles. The van der Waals surface area contributed by atoms with Crippen LogP contribution in [0.1, 0.15) is 11.6 Å². The maximum atomic E-state index is 5.48. The van der Waals surface area contributed by atoms with Gasteiger partial charge in [0.25, 0.3) is 0 Å². The highest BCUT2D eigenvalue weighted by molar-refractivity contribution is 5.76. The minimum Gasteiger partial charge on any atom is -0.371 e. The van der Waals surface area contributed by atoms with Gasteiger partial charge >= 0.3 is 0 Å². The van der Waals surface area contributed by atoms with E-state index in [0.717, 1.165) is 61.8 Å². The average Bonchev–Trinajstić information content (AvgIpc) is 3.63. The number of benzene rings is 2. The lowest BCUT2D eigenvalue weighted by Gasteiger charge is -2.09. The molecule has 4 heterocycles. The Kier molecular flexibility index (Phi) is 3.74. The lowest BCUT2D eigenvalue weighted by atomic mass is 10.2. The van der Waals surface area contributed by atoms with Crippen LogP contribution in [-0.4, -0.2) is 44.5 Å². The van der Waals surface area contributed by atoms with E-state index in [9.17, 15) is 0 Å². The monoisotopic (exact) mass is 374 g/mol. The molecular weight excluding hydrogens is 352 g/mol. The van der Waals surface area contributed by atoms with Crippen molar-refractivity contribution in [1.82, 2.24) is 19.1 Å². The number of epoxide rings is 2. The third kappa shape index (κ3) is 2.99. The van der Waals surface area contributed by atoms with E-state index in [0.29, 0.717) is 12.2 Å². The standard InChI is InChI=1S/C22H22N4O2/c1-3-7-19-17(5-1)23-21(25(19)11-15-13-27-15)9-10-22-24-18-6-2-4-8-20(18)26(22)12-16-14-28-16/h1-8,15-16H,9-14H2/t15-,16-/m0/s1. The van der Waals surface area contributed by atoms with Crippen molar-refractivity contribution in [2.45, 2.75) is 38.1 Å². The number of para-hydroxylation sites is 4. The van der Waals surface area contributed by atoms with Crippen molar-refractivity contribution in [3.05, 3.63) is 60.2 Å². The molecule has 0 spiro atoms. The third-order valence-electron chi connectivity index (χ3n) is 5.62. The van der Waals surface area contributed by atoms with Gasteiger partial charge in [0.05, 0.1) is 60.6 Å². The first-order valence-electron chi connectivity index (χ1n) is 9.96. The molecular formula is C22H22N4O2. The highest BCUT2D eigenvalue weighted by Gasteiger charge is 2.27. The lowest BCUT2D eigenvalue weighted by molar-refractivity contribution is 0.380. The number of fused-ring (bicyclic) bond motifs is 2. The fourth-order valence-electron chi connectivity index (χ4n) is 4.02. The second-order valence-corrected chi connectivity index (χ2v) is 7.67. The molecule has 2 aliphatic rings. The van der Waals surface area contributed by atoms with Gasteiger partial charge < -0.3 is 18.6 Å². The summed E-state index contributed by atoms with van der Waals surface area (Å²) in [6, 6.07) is 16.7. The molecule has 0 N–H and O–H groups in total. The summed E-state index contributed by atoms with van der Waals surface area (Å²) in [4.78, 5) is 9.82. The lowest BCUT2D eigenvalue weighted by Crippen LogP contribution is -2.12. The normalized spacial score (nSPS) is 20.9. The first-order chi connectivity index (χ1) is 13.8. The van der Waals surface area contributed by atoms with E-state index in [-0.39, 0.29) is 0 Å². The Bertz CT molecular complexity index is 1060. The highest BCUT2D eigenvalue weighted by atomic mass is 16.6. The number of rotatable bonds is 7. The van der Waals surface area contributed by atoms with E-state index in [1.54, 1.807) is 0 Å². The number of imidazole rings is 2. The van der Waals surface area contributed by atoms with Crippen LogP contribution in [0, 0.1) is 0 Å². The second-order valence-electron chi connectivity index (χ2n) is 7.67. The number of nitrogens with zero attached hydrogens (tertiary/aromatic N) is 4. The van der Waals surface area contributed by atoms with Crippen molar-refractivity contribution >= 4 is 22.1 Å². The minimum absolute atomic E-state index is 0.327. The predicted octanol–water partition coefficient (Wildman–Crippen LogP) is 2.97. The summed E-state index contributed by atoms with van der Waals surface area (Å²) in [5.74, 6) is 2.22. The summed E-state index contributed by atoms with van der Waals surface area (Å²) in [7, 11) is 0. The van der Waals surface area contributed by atoms with Crippen molar-refractivity contribution < 1.29 is 9.47 Å². The Morgan fingerprint density at radius 3 is 1.57 bits per heavy atom. The van der Waals surface area contributed by atoms with Crippen LogP contribution in [0.5, 0.6) is 0 Å². The molecule has 6 rings (SSSR count). The Morgan fingerprint density at radius 2 is 1.14 bits per heavy atom. The topological polar surface area (TPSA) is 60.7 Å². The van der Waals surface area contributed by atoms with Gasteiger partial charge in [-0.25, -0.2) is 9.97 Å². The van der Waals surface area contributed by atoms with Gasteiger partial charge in [0.1, 0.15) is 11.6 Å². The van der Waals surface area contributed by atoms with E-state index in [1.165, 1.54) is 11.0 Å². The average molecular weight is 374 g/mol. The fraction of sp³-hybridized carbons (Fsp3) is 0.364. The molecule has 2 atom stereocenters. The maximum Gasteiger partial charge on any atom is 0.110 e. The molecule has 4 aromatic rings. The van der Waals surface area contributed by atoms with E-state index in [2.05, 4.69) is 45.5 Å². The molecule has 0 unspecified atom stereocenters. The van der Waals surface area contributed by atoms with Crippen molar-refractivity contribution in [1.29, 1.82) is 0 Å². The van der Waals surface area contributed by atoms with Gasteiger partial charge in [0.2, 0.25) is 0 Å². The largest absolute Gasteiger partial charge is 0.371 e. The molecule has 2 aromatic heterocycles. The summed E-state index contributed by atoms with van der Waals surface area (Å²) in [6.45, 7) is 3.45. The van der Waals surface area contributed by atoms with E-state index in [1.807, 2.05) is 12.1 Å². The van der Waals surface area contributed by atoms with Crippen LogP contribution in [0.3, 0.4) is 0 Å². The highest BCUT2D eigenvalue weighted by Crippen LogP contribution is 2.24. The Balaban J connectivity index is 1.33. The molecule has 2 saturated heterocycles. The van der Waals surface area contributed by atoms with Crippen LogP contribution in [0.15, 0.2) is 48.5 Å². The molecule has 6 heteroatoms. The number of aromatic nitrogens is 4. The zero-order valence-corrected chi connectivity index (χ0v) is 15.6. The molecule has 0 amide bonds. The predicted molar refractivity (Wildman–Crippen MR) is 106 cm³/mol. The first kappa shape index (κ1) is 16.3. The van der Waals surface area contributed by atoms with Crippen molar-refractivity contribution in [2.24, 2.45) is 0 Å².